The normalized spacial score (nSPS) is 18.6. The topological polar surface area (TPSA) is 21.3 Å². The van der Waals surface area contributed by atoms with Crippen molar-refractivity contribution >= 4 is 0 Å². The SMILES string of the molecule is COc1ccccc1CNC(C)C1CCCCC1. The molecule has 0 heterocycles. The highest BCUT2D eigenvalue weighted by molar-refractivity contribution is 5.33. The lowest BCUT2D eigenvalue weighted by atomic mass is 9.84. The largest absolute Gasteiger partial charge is 0.496 e. The minimum Gasteiger partial charge on any atom is -0.496 e. The summed E-state index contributed by atoms with van der Waals surface area (Å²) in [5.41, 5.74) is 1.25. The minimum absolute atomic E-state index is 0.607. The number of hydrogen-bond donors (Lipinski definition) is 1. The maximum Gasteiger partial charge on any atom is 0.123 e. The van der Waals surface area contributed by atoms with Gasteiger partial charge in [0.1, 0.15) is 5.75 Å². The van der Waals surface area contributed by atoms with E-state index < -0.39 is 0 Å². The van der Waals surface area contributed by atoms with Crippen LogP contribution in [-0.2, 0) is 6.54 Å². The van der Waals surface area contributed by atoms with Gasteiger partial charge in [0.2, 0.25) is 0 Å². The quantitative estimate of drug-likeness (QED) is 0.855. The van der Waals surface area contributed by atoms with Crippen LogP contribution in [0.4, 0.5) is 0 Å². The first kappa shape index (κ1) is 13.4. The lowest BCUT2D eigenvalue weighted by Gasteiger charge is -2.28. The zero-order valence-corrected chi connectivity index (χ0v) is 11.6. The Kier molecular flexibility index (Phi) is 5.06. The molecule has 0 spiro atoms. The van der Waals surface area contributed by atoms with Gasteiger partial charge in [-0.1, -0.05) is 37.5 Å². The van der Waals surface area contributed by atoms with Crippen molar-refractivity contribution in [2.24, 2.45) is 5.92 Å². The molecule has 1 aliphatic carbocycles. The van der Waals surface area contributed by atoms with Crippen LogP contribution in [0.2, 0.25) is 0 Å². The Hall–Kier alpha value is -1.02. The van der Waals surface area contributed by atoms with Crippen LogP contribution in [0.3, 0.4) is 0 Å². The Morgan fingerprint density at radius 1 is 1.22 bits per heavy atom. The van der Waals surface area contributed by atoms with Gasteiger partial charge in [-0.3, -0.25) is 0 Å². The monoisotopic (exact) mass is 247 g/mol. The van der Waals surface area contributed by atoms with Crippen molar-refractivity contribution in [3.05, 3.63) is 29.8 Å². The molecule has 18 heavy (non-hydrogen) atoms. The first-order valence-corrected chi connectivity index (χ1v) is 7.16. The number of rotatable bonds is 5. The smallest absolute Gasteiger partial charge is 0.123 e. The molecule has 2 rings (SSSR count). The molecular weight excluding hydrogens is 222 g/mol. The van der Waals surface area contributed by atoms with Crippen LogP contribution in [0.25, 0.3) is 0 Å². The van der Waals surface area contributed by atoms with Gasteiger partial charge in [-0.05, 0) is 31.7 Å². The van der Waals surface area contributed by atoms with Crippen LogP contribution in [0.1, 0.15) is 44.6 Å². The van der Waals surface area contributed by atoms with Crippen molar-refractivity contribution in [3.8, 4) is 5.75 Å². The van der Waals surface area contributed by atoms with Crippen LogP contribution in [-0.4, -0.2) is 13.2 Å². The molecule has 100 valence electrons. The average molecular weight is 247 g/mol. The van der Waals surface area contributed by atoms with Gasteiger partial charge in [0.25, 0.3) is 0 Å². The molecule has 0 aliphatic heterocycles. The fraction of sp³-hybridized carbons (Fsp3) is 0.625. The summed E-state index contributed by atoms with van der Waals surface area (Å²) >= 11 is 0. The van der Waals surface area contributed by atoms with Gasteiger partial charge < -0.3 is 10.1 Å². The summed E-state index contributed by atoms with van der Waals surface area (Å²) in [6.45, 7) is 3.23. The summed E-state index contributed by atoms with van der Waals surface area (Å²) in [5, 5.41) is 3.66. The molecule has 0 amide bonds. The fourth-order valence-electron chi connectivity index (χ4n) is 2.92. The Bertz CT molecular complexity index is 358. The summed E-state index contributed by atoms with van der Waals surface area (Å²) in [6, 6.07) is 8.87. The summed E-state index contributed by atoms with van der Waals surface area (Å²) in [7, 11) is 1.74. The third-order valence-corrected chi connectivity index (χ3v) is 4.16. The standard InChI is InChI=1S/C16H25NO/c1-13(14-8-4-3-5-9-14)17-12-15-10-6-7-11-16(15)18-2/h6-7,10-11,13-14,17H,3-5,8-9,12H2,1-2H3. The van der Waals surface area contributed by atoms with Gasteiger partial charge in [0.15, 0.2) is 0 Å². The van der Waals surface area contributed by atoms with Gasteiger partial charge in [0, 0.05) is 18.2 Å². The van der Waals surface area contributed by atoms with Crippen molar-refractivity contribution < 1.29 is 4.74 Å². The second-order valence-corrected chi connectivity index (χ2v) is 5.38. The molecule has 0 saturated heterocycles. The predicted molar refractivity (Wildman–Crippen MR) is 75.9 cm³/mol. The number of nitrogens with one attached hydrogen (secondary N) is 1. The van der Waals surface area contributed by atoms with Gasteiger partial charge in [-0.15, -0.1) is 0 Å². The number of methoxy groups -OCH3 is 1. The Balaban J connectivity index is 1.86. The van der Waals surface area contributed by atoms with Gasteiger partial charge in [-0.25, -0.2) is 0 Å². The molecule has 1 aromatic rings. The van der Waals surface area contributed by atoms with Gasteiger partial charge in [0.05, 0.1) is 7.11 Å². The number of para-hydroxylation sites is 1. The molecule has 0 aromatic heterocycles. The highest BCUT2D eigenvalue weighted by Gasteiger charge is 2.19. The molecule has 1 unspecified atom stereocenters. The second-order valence-electron chi connectivity index (χ2n) is 5.38. The highest BCUT2D eigenvalue weighted by Crippen LogP contribution is 2.26. The van der Waals surface area contributed by atoms with Crippen molar-refractivity contribution in [1.82, 2.24) is 5.32 Å². The maximum atomic E-state index is 5.38. The molecule has 0 radical (unpaired) electrons. The summed E-state index contributed by atoms with van der Waals surface area (Å²) < 4.78 is 5.38. The molecule has 0 bridgehead atoms. The third-order valence-electron chi connectivity index (χ3n) is 4.16. The molecule has 2 heteroatoms. The third kappa shape index (κ3) is 3.49. The number of hydrogen-bond acceptors (Lipinski definition) is 2. The molecule has 1 N–H and O–H groups in total. The zero-order valence-electron chi connectivity index (χ0n) is 11.6. The first-order chi connectivity index (χ1) is 8.81. The van der Waals surface area contributed by atoms with Crippen molar-refractivity contribution in [2.45, 2.75) is 51.6 Å². The van der Waals surface area contributed by atoms with Crippen molar-refractivity contribution in [2.75, 3.05) is 7.11 Å². The Labute approximate surface area is 111 Å². The molecule has 1 aliphatic rings. The van der Waals surface area contributed by atoms with E-state index in [0.717, 1.165) is 18.2 Å². The van der Waals surface area contributed by atoms with Crippen molar-refractivity contribution in [1.29, 1.82) is 0 Å². The minimum atomic E-state index is 0.607. The van der Waals surface area contributed by atoms with E-state index in [1.54, 1.807) is 7.11 Å². The van der Waals surface area contributed by atoms with E-state index in [0.29, 0.717) is 6.04 Å². The summed E-state index contributed by atoms with van der Waals surface area (Å²) in [5.74, 6) is 1.84. The van der Waals surface area contributed by atoms with E-state index in [1.165, 1.54) is 37.7 Å². The summed E-state index contributed by atoms with van der Waals surface area (Å²) in [6.07, 6.45) is 7.02. The van der Waals surface area contributed by atoms with Crippen molar-refractivity contribution in [3.63, 3.8) is 0 Å². The van der Waals surface area contributed by atoms with Crippen LogP contribution >= 0.6 is 0 Å². The van der Waals surface area contributed by atoms with Gasteiger partial charge >= 0.3 is 0 Å². The van der Waals surface area contributed by atoms with Crippen LogP contribution < -0.4 is 10.1 Å². The second kappa shape index (κ2) is 6.79. The van der Waals surface area contributed by atoms with Crippen LogP contribution in [0.5, 0.6) is 5.75 Å². The van der Waals surface area contributed by atoms with E-state index in [2.05, 4.69) is 24.4 Å². The molecular formula is C16H25NO. The van der Waals surface area contributed by atoms with E-state index in [9.17, 15) is 0 Å². The number of ether oxygens (including phenoxy) is 1. The first-order valence-electron chi connectivity index (χ1n) is 7.16. The summed E-state index contributed by atoms with van der Waals surface area (Å²) in [4.78, 5) is 0. The van der Waals surface area contributed by atoms with E-state index in [-0.39, 0.29) is 0 Å². The zero-order chi connectivity index (χ0) is 12.8. The predicted octanol–water partition coefficient (Wildman–Crippen LogP) is 3.75. The van der Waals surface area contributed by atoms with E-state index in [1.807, 2.05) is 12.1 Å². The van der Waals surface area contributed by atoms with E-state index >= 15 is 0 Å². The Morgan fingerprint density at radius 3 is 2.67 bits per heavy atom. The Morgan fingerprint density at radius 2 is 1.94 bits per heavy atom. The molecule has 1 saturated carbocycles. The van der Waals surface area contributed by atoms with Gasteiger partial charge in [-0.2, -0.15) is 0 Å². The highest BCUT2D eigenvalue weighted by atomic mass is 16.5. The average Bonchev–Trinajstić information content (AvgIpc) is 2.46. The van der Waals surface area contributed by atoms with Crippen LogP contribution in [0.15, 0.2) is 24.3 Å². The molecule has 1 atom stereocenters. The maximum absolute atomic E-state index is 5.38. The molecule has 2 nitrogen and oxygen atoms in total. The number of benzene rings is 1. The molecule has 1 aromatic carbocycles. The lowest BCUT2D eigenvalue weighted by molar-refractivity contribution is 0.279. The molecule has 1 fully saturated rings. The lowest BCUT2D eigenvalue weighted by Crippen LogP contribution is -2.34. The fourth-order valence-corrected chi connectivity index (χ4v) is 2.92. The van der Waals surface area contributed by atoms with E-state index in [4.69, 9.17) is 4.74 Å². The van der Waals surface area contributed by atoms with Crippen LogP contribution in [0, 0.1) is 5.92 Å².